The van der Waals surface area contributed by atoms with Gasteiger partial charge in [-0.3, -0.25) is 0 Å². The van der Waals surface area contributed by atoms with Crippen LogP contribution >= 0.6 is 0 Å². The van der Waals surface area contributed by atoms with Crippen molar-refractivity contribution in [2.75, 3.05) is 0 Å². The Kier molecular flexibility index (Phi) is 8.21. The van der Waals surface area contributed by atoms with Crippen molar-refractivity contribution >= 4 is 11.9 Å². The van der Waals surface area contributed by atoms with Crippen LogP contribution in [0.1, 0.15) is 20.7 Å². The maximum absolute atomic E-state index is 11.3. The van der Waals surface area contributed by atoms with E-state index < -0.39 is 11.9 Å². The molecule has 20 heavy (non-hydrogen) atoms. The Labute approximate surface area is 158 Å². The van der Waals surface area contributed by atoms with Gasteiger partial charge in [-0.15, -0.1) is 0 Å². The Bertz CT molecular complexity index is 614. The summed E-state index contributed by atoms with van der Waals surface area (Å²) < 4.78 is 0. The van der Waals surface area contributed by atoms with Gasteiger partial charge in [-0.05, 0) is 17.2 Å². The van der Waals surface area contributed by atoms with Crippen molar-refractivity contribution in [3.8, 4) is 11.1 Å². The first-order valence-electron chi connectivity index (χ1n) is 5.26. The third kappa shape index (κ3) is 4.13. The predicted molar refractivity (Wildman–Crippen MR) is 65.8 cm³/mol. The Balaban J connectivity index is 0.00000180. The molecule has 0 spiro atoms. The first-order valence-corrected chi connectivity index (χ1v) is 5.26. The molecule has 1 radical (unpaired) electrons. The molecule has 0 amide bonds. The molecule has 0 aliphatic heterocycles. The molecule has 0 unspecified atom stereocenters. The summed E-state index contributed by atoms with van der Waals surface area (Å²) in [6, 6.07) is 13.3. The molecule has 99 valence electrons. The fraction of sp³-hybridized carbons (Fsp3) is 0. The van der Waals surface area contributed by atoms with Crippen LogP contribution in [-0.4, -0.2) is 22.2 Å². The molecule has 0 aliphatic carbocycles. The van der Waals surface area contributed by atoms with Gasteiger partial charge in [0.2, 0.25) is 0 Å². The molecule has 2 N–H and O–H groups in total. The van der Waals surface area contributed by atoms with Gasteiger partial charge in [-0.2, -0.15) is 0 Å². The zero-order valence-electron chi connectivity index (χ0n) is 10.3. The summed E-state index contributed by atoms with van der Waals surface area (Å²) in [6.45, 7) is 0. The van der Waals surface area contributed by atoms with Crippen LogP contribution in [0.2, 0.25) is 0 Å². The van der Waals surface area contributed by atoms with Crippen LogP contribution in [0.4, 0.5) is 0 Å². The molecule has 0 aromatic heterocycles. The van der Waals surface area contributed by atoms with Gasteiger partial charge in [0.15, 0.2) is 0 Å². The Morgan fingerprint density at radius 3 is 1.90 bits per heavy atom. The topological polar surface area (TPSA) is 74.6 Å². The Morgan fingerprint density at radius 2 is 1.40 bits per heavy atom. The van der Waals surface area contributed by atoms with E-state index in [1.165, 1.54) is 12.1 Å². The molecule has 0 fully saturated rings. The van der Waals surface area contributed by atoms with Gasteiger partial charge >= 0.3 is 11.9 Å². The van der Waals surface area contributed by atoms with Crippen molar-refractivity contribution in [2.45, 2.75) is 0 Å². The van der Waals surface area contributed by atoms with E-state index in [1.807, 2.05) is 6.07 Å². The average molecular weight is 477 g/mol. The van der Waals surface area contributed by atoms with Gasteiger partial charge in [0.1, 0.15) is 0 Å². The largest absolute Gasteiger partial charge is 0.478 e. The van der Waals surface area contributed by atoms with E-state index in [1.54, 1.807) is 30.3 Å². The van der Waals surface area contributed by atoms with Crippen molar-refractivity contribution in [1.29, 1.82) is 0 Å². The summed E-state index contributed by atoms with van der Waals surface area (Å²) in [5, 5.41) is 18.2. The standard InChI is InChI=1S/C14H10O4.La.Mo/c15-13(16)11-8-4-7-10(12(11)14(17)18)9-5-2-1-3-6-9;;/h1-8H,(H,15,16)(H,17,18);;. The molecular formula is C14H10LaMoO4. The van der Waals surface area contributed by atoms with Crippen LogP contribution in [0.5, 0.6) is 0 Å². The summed E-state index contributed by atoms with van der Waals surface area (Å²) in [4.78, 5) is 22.3. The number of aromatic carboxylic acids is 2. The normalized spacial score (nSPS) is 9.00. The van der Waals surface area contributed by atoms with E-state index in [-0.39, 0.29) is 67.8 Å². The van der Waals surface area contributed by atoms with E-state index in [9.17, 15) is 14.7 Å². The van der Waals surface area contributed by atoms with E-state index in [2.05, 4.69) is 0 Å². The molecule has 0 heterocycles. The van der Waals surface area contributed by atoms with E-state index in [0.29, 0.717) is 11.1 Å². The molecule has 0 saturated heterocycles. The molecular weight excluding hydrogens is 467 g/mol. The van der Waals surface area contributed by atoms with Gasteiger partial charge in [0.25, 0.3) is 0 Å². The van der Waals surface area contributed by atoms with Gasteiger partial charge in [0.05, 0.1) is 11.1 Å². The number of rotatable bonds is 3. The monoisotopic (exact) mass is 479 g/mol. The predicted octanol–water partition coefficient (Wildman–Crippen LogP) is 2.75. The Hall–Kier alpha value is -0.737. The second kappa shape index (κ2) is 8.53. The third-order valence-electron chi connectivity index (χ3n) is 2.59. The first-order chi connectivity index (χ1) is 8.61. The van der Waals surface area contributed by atoms with Crippen molar-refractivity contribution < 1.29 is 76.5 Å². The smallest absolute Gasteiger partial charge is 0.337 e. The number of hydrogen-bond donors (Lipinski definition) is 2. The van der Waals surface area contributed by atoms with Crippen molar-refractivity contribution in [2.24, 2.45) is 0 Å². The van der Waals surface area contributed by atoms with Gasteiger partial charge in [0, 0.05) is 56.7 Å². The maximum Gasteiger partial charge on any atom is 0.337 e. The van der Waals surface area contributed by atoms with Crippen LogP contribution in [-0.2, 0) is 21.1 Å². The quantitative estimate of drug-likeness (QED) is 0.668. The number of carboxylic acid groups (broad SMARTS) is 2. The van der Waals surface area contributed by atoms with E-state index in [0.717, 1.165) is 0 Å². The summed E-state index contributed by atoms with van der Waals surface area (Å²) in [7, 11) is 0. The zero-order valence-corrected chi connectivity index (χ0v) is 15.9. The molecule has 0 aliphatic rings. The number of carboxylic acids is 2. The molecule has 2 aromatic carbocycles. The second-order valence-electron chi connectivity index (χ2n) is 3.70. The van der Waals surface area contributed by atoms with Gasteiger partial charge in [-0.25, -0.2) is 9.59 Å². The molecule has 0 bridgehead atoms. The average Bonchev–Trinajstić information content (AvgIpc) is 2.38. The summed E-state index contributed by atoms with van der Waals surface area (Å²) in [6.07, 6.45) is 0. The fourth-order valence-electron chi connectivity index (χ4n) is 1.82. The zero-order chi connectivity index (χ0) is 13.1. The minimum Gasteiger partial charge on any atom is -0.478 e. The molecule has 4 nitrogen and oxygen atoms in total. The van der Waals surface area contributed by atoms with Crippen molar-refractivity contribution in [1.82, 2.24) is 0 Å². The summed E-state index contributed by atoms with van der Waals surface area (Å²) in [5.41, 5.74) is 0.695. The van der Waals surface area contributed by atoms with Crippen LogP contribution in [0.3, 0.4) is 0 Å². The van der Waals surface area contributed by atoms with E-state index >= 15 is 0 Å². The third-order valence-corrected chi connectivity index (χ3v) is 2.59. The molecule has 0 saturated carbocycles. The number of benzene rings is 2. The number of carbonyl (C=O) groups is 2. The van der Waals surface area contributed by atoms with Crippen LogP contribution in [0, 0.1) is 35.6 Å². The van der Waals surface area contributed by atoms with Crippen LogP contribution < -0.4 is 0 Å². The van der Waals surface area contributed by atoms with E-state index in [4.69, 9.17) is 5.11 Å². The second-order valence-corrected chi connectivity index (χ2v) is 3.70. The maximum atomic E-state index is 11.3. The summed E-state index contributed by atoms with van der Waals surface area (Å²) in [5.74, 6) is -2.49. The molecule has 2 rings (SSSR count). The number of hydrogen-bond acceptors (Lipinski definition) is 2. The fourth-order valence-corrected chi connectivity index (χ4v) is 1.82. The first kappa shape index (κ1) is 19.3. The SMILES string of the molecule is O=C(O)c1cccc(-c2ccccc2)c1C(=O)O.[La].[Mo]. The minimum absolute atomic E-state index is 0. The molecule has 6 heteroatoms. The molecule has 2 aromatic rings. The summed E-state index contributed by atoms with van der Waals surface area (Å²) >= 11 is 0. The van der Waals surface area contributed by atoms with Gasteiger partial charge in [-0.1, -0.05) is 42.5 Å². The van der Waals surface area contributed by atoms with Crippen LogP contribution in [0.25, 0.3) is 11.1 Å². The van der Waals surface area contributed by atoms with Crippen molar-refractivity contribution in [3.05, 3.63) is 59.7 Å². The Morgan fingerprint density at radius 1 is 0.800 bits per heavy atom. The minimum atomic E-state index is -1.25. The molecule has 0 atom stereocenters. The van der Waals surface area contributed by atoms with Crippen LogP contribution in [0.15, 0.2) is 48.5 Å². The van der Waals surface area contributed by atoms with Crippen molar-refractivity contribution in [3.63, 3.8) is 0 Å². The van der Waals surface area contributed by atoms with Gasteiger partial charge < -0.3 is 10.2 Å².